The van der Waals surface area contributed by atoms with Gasteiger partial charge in [-0.25, -0.2) is 9.37 Å². The number of ether oxygens (including phenoxy) is 1. The molecule has 218 valence electrons. The lowest BCUT2D eigenvalue weighted by atomic mass is 10.0. The number of nitrogens with zero attached hydrogens (tertiary/aromatic N) is 6. The molecule has 10 nitrogen and oxygen atoms in total. The zero-order chi connectivity index (χ0) is 30.0. The van der Waals surface area contributed by atoms with Crippen molar-refractivity contribution >= 4 is 46.1 Å². The van der Waals surface area contributed by atoms with Crippen LogP contribution in [0.15, 0.2) is 71.8 Å². The highest BCUT2D eigenvalue weighted by Crippen LogP contribution is 2.40. The van der Waals surface area contributed by atoms with Gasteiger partial charge in [0.15, 0.2) is 0 Å². The lowest BCUT2D eigenvalue weighted by Gasteiger charge is -2.33. The Bertz CT molecular complexity index is 1620. The zero-order valence-electron chi connectivity index (χ0n) is 23.7. The number of hydrogen-bond acceptors (Lipinski definition) is 9. The average Bonchev–Trinajstić information content (AvgIpc) is 2.98. The highest BCUT2D eigenvalue weighted by atomic mass is 32.2. The summed E-state index contributed by atoms with van der Waals surface area (Å²) in [5.74, 6) is 0.121. The van der Waals surface area contributed by atoms with Gasteiger partial charge in [-0.1, -0.05) is 6.07 Å². The van der Waals surface area contributed by atoms with Gasteiger partial charge in [0.25, 0.3) is 11.6 Å². The summed E-state index contributed by atoms with van der Waals surface area (Å²) in [5.41, 5.74) is 2.93. The number of anilines is 2. The first-order chi connectivity index (χ1) is 20.1. The summed E-state index contributed by atoms with van der Waals surface area (Å²) in [4.78, 5) is 38.0. The third-order valence-corrected chi connectivity index (χ3v) is 8.21. The molecule has 0 aliphatic carbocycles. The minimum Gasteiger partial charge on any atom is -0.375 e. The zero-order valence-corrected chi connectivity index (χ0v) is 24.5. The molecule has 42 heavy (non-hydrogen) atoms. The Hall–Kier alpha value is -4.29. The Balaban J connectivity index is 1.64. The quantitative estimate of drug-likeness (QED) is 0.141. The molecule has 5 rings (SSSR count). The normalized spacial score (nSPS) is 15.8. The van der Waals surface area contributed by atoms with Crippen LogP contribution in [0.1, 0.15) is 35.8 Å². The Morgan fingerprint density at radius 2 is 1.95 bits per heavy atom. The summed E-state index contributed by atoms with van der Waals surface area (Å²) in [6.07, 6.45) is 1.77. The Kier molecular flexibility index (Phi) is 8.55. The van der Waals surface area contributed by atoms with E-state index in [9.17, 15) is 19.3 Å². The van der Waals surface area contributed by atoms with Gasteiger partial charge in [-0.15, -0.1) is 0 Å². The summed E-state index contributed by atoms with van der Waals surface area (Å²) in [5, 5.41) is 11.2. The Labute approximate surface area is 247 Å². The van der Waals surface area contributed by atoms with Crippen LogP contribution in [0.3, 0.4) is 0 Å². The van der Waals surface area contributed by atoms with Gasteiger partial charge >= 0.3 is 0 Å². The van der Waals surface area contributed by atoms with E-state index in [0.29, 0.717) is 47.8 Å². The molecule has 4 aromatic rings. The van der Waals surface area contributed by atoms with E-state index in [2.05, 4.69) is 4.90 Å². The number of carbonyl (C=O) groups excluding carboxylic acids is 1. The smallest absolute Gasteiger partial charge is 0.269 e. The van der Waals surface area contributed by atoms with Crippen molar-refractivity contribution in [3.05, 3.63) is 93.9 Å². The number of amides is 1. The number of morpholine rings is 1. The first kappa shape index (κ1) is 29.2. The summed E-state index contributed by atoms with van der Waals surface area (Å²) in [7, 11) is 3.38. The molecule has 0 spiro atoms. The van der Waals surface area contributed by atoms with Gasteiger partial charge in [0, 0.05) is 55.3 Å². The van der Waals surface area contributed by atoms with Crippen molar-refractivity contribution in [1.29, 1.82) is 0 Å². The number of halogens is 1. The summed E-state index contributed by atoms with van der Waals surface area (Å²) in [6.45, 7) is 5.90. The van der Waals surface area contributed by atoms with E-state index in [-0.39, 0.29) is 17.7 Å². The molecule has 0 N–H and O–H groups in total. The number of aromatic nitrogens is 2. The van der Waals surface area contributed by atoms with Gasteiger partial charge in [0.2, 0.25) is 0 Å². The molecule has 12 heteroatoms. The van der Waals surface area contributed by atoms with Crippen LogP contribution in [-0.4, -0.2) is 65.6 Å². The van der Waals surface area contributed by atoms with Crippen molar-refractivity contribution in [2.75, 3.05) is 43.0 Å². The second-order valence-electron chi connectivity index (χ2n) is 10.3. The molecule has 0 radical (unpaired) electrons. The topological polar surface area (TPSA) is 105 Å². The lowest BCUT2D eigenvalue weighted by molar-refractivity contribution is -0.384. The first-order valence-electron chi connectivity index (χ1n) is 13.5. The van der Waals surface area contributed by atoms with Crippen molar-refractivity contribution in [3.63, 3.8) is 0 Å². The fourth-order valence-electron chi connectivity index (χ4n) is 4.85. The second kappa shape index (κ2) is 12.3. The third kappa shape index (κ3) is 6.29. The molecule has 2 heterocycles. The van der Waals surface area contributed by atoms with E-state index in [1.807, 2.05) is 24.2 Å². The largest absolute Gasteiger partial charge is 0.375 e. The van der Waals surface area contributed by atoms with Gasteiger partial charge in [-0.2, -0.15) is 0 Å². The molecule has 1 fully saturated rings. The highest BCUT2D eigenvalue weighted by molar-refractivity contribution is 8.00. The van der Waals surface area contributed by atoms with Crippen molar-refractivity contribution in [2.45, 2.75) is 30.9 Å². The minimum atomic E-state index is -0.452. The molecule has 1 aliphatic rings. The first-order valence-corrected chi connectivity index (χ1v) is 14.2. The van der Waals surface area contributed by atoms with E-state index < -0.39 is 16.8 Å². The maximum absolute atomic E-state index is 14.5. The minimum absolute atomic E-state index is 0.0224. The van der Waals surface area contributed by atoms with Crippen molar-refractivity contribution < 1.29 is 18.8 Å². The summed E-state index contributed by atoms with van der Waals surface area (Å²) >= 11 is 1.31. The Morgan fingerprint density at radius 1 is 1.19 bits per heavy atom. The van der Waals surface area contributed by atoms with Gasteiger partial charge in [-0.3, -0.25) is 19.9 Å². The number of benzene rings is 3. The van der Waals surface area contributed by atoms with Crippen LogP contribution in [0, 0.1) is 15.9 Å². The number of rotatable bonds is 8. The summed E-state index contributed by atoms with van der Waals surface area (Å²) in [6, 6.07) is 15.5. The average molecular weight is 591 g/mol. The van der Waals surface area contributed by atoms with Crippen LogP contribution in [0.2, 0.25) is 0 Å². The monoisotopic (exact) mass is 590 g/mol. The van der Waals surface area contributed by atoms with Crippen molar-refractivity contribution in [2.24, 2.45) is 0 Å². The molecule has 2 unspecified atom stereocenters. The number of nitro groups is 1. The van der Waals surface area contributed by atoms with Crippen molar-refractivity contribution in [3.8, 4) is 0 Å². The standard InChI is InChI=1S/C30H31FN6O4S/c1-19-18-35(12-13-41-19)28-17-32-27-15-21(30(38)34(3)4)14-26(29(27)33-28)20(2)36(24-7-5-6-22(31)16-24)42-25-10-8-23(9-11-25)37(39)40/h5-11,14-17,19-20H,12-13,18H2,1-4H3. The molecule has 1 aliphatic heterocycles. The molecule has 1 aromatic heterocycles. The third-order valence-electron chi connectivity index (χ3n) is 7.00. The highest BCUT2D eigenvalue weighted by Gasteiger charge is 2.26. The van der Waals surface area contributed by atoms with E-state index in [4.69, 9.17) is 14.7 Å². The molecule has 1 amide bonds. The van der Waals surface area contributed by atoms with Crippen LogP contribution in [0.4, 0.5) is 21.6 Å². The maximum atomic E-state index is 14.5. The molecule has 2 atom stereocenters. The fourth-order valence-corrected chi connectivity index (χ4v) is 5.82. The molecular formula is C30H31FN6O4S. The van der Waals surface area contributed by atoms with Crippen LogP contribution >= 0.6 is 11.9 Å². The van der Waals surface area contributed by atoms with Crippen LogP contribution in [-0.2, 0) is 4.74 Å². The van der Waals surface area contributed by atoms with Crippen LogP contribution in [0.25, 0.3) is 11.0 Å². The van der Waals surface area contributed by atoms with Crippen LogP contribution in [0.5, 0.6) is 0 Å². The number of fused-ring (bicyclic) bond motifs is 1. The van der Waals surface area contributed by atoms with E-state index in [0.717, 1.165) is 10.5 Å². The van der Waals surface area contributed by atoms with Gasteiger partial charge < -0.3 is 18.8 Å². The van der Waals surface area contributed by atoms with Gasteiger partial charge in [0.1, 0.15) is 11.6 Å². The van der Waals surface area contributed by atoms with Gasteiger partial charge in [-0.05, 0) is 68.3 Å². The number of carbonyl (C=O) groups is 1. The SMILES string of the molecule is CC1CN(c2cnc3cc(C(=O)N(C)C)cc(C(C)N(Sc4ccc([N+](=O)[O-])cc4)c4cccc(F)c4)c3n2)CCO1. The second-order valence-corrected chi connectivity index (χ2v) is 11.4. The van der Waals surface area contributed by atoms with Crippen molar-refractivity contribution in [1.82, 2.24) is 14.9 Å². The lowest BCUT2D eigenvalue weighted by Crippen LogP contribution is -2.41. The number of nitro benzene ring substituents is 1. The van der Waals surface area contributed by atoms with Gasteiger partial charge in [0.05, 0.1) is 46.6 Å². The fraction of sp³-hybridized carbons (Fsp3) is 0.300. The van der Waals surface area contributed by atoms with E-state index in [1.165, 1.54) is 41.1 Å². The molecule has 1 saturated heterocycles. The Morgan fingerprint density at radius 3 is 2.62 bits per heavy atom. The van der Waals surface area contributed by atoms with Crippen LogP contribution < -0.4 is 9.21 Å². The molecular weight excluding hydrogens is 559 g/mol. The molecule has 0 bridgehead atoms. The van der Waals surface area contributed by atoms with E-state index in [1.54, 1.807) is 50.6 Å². The maximum Gasteiger partial charge on any atom is 0.269 e. The number of non-ortho nitro benzene ring substituents is 1. The number of hydrogen-bond donors (Lipinski definition) is 0. The van der Waals surface area contributed by atoms with E-state index >= 15 is 0 Å². The summed E-state index contributed by atoms with van der Waals surface area (Å²) < 4.78 is 22.1. The predicted molar refractivity (Wildman–Crippen MR) is 161 cm³/mol. The predicted octanol–water partition coefficient (Wildman–Crippen LogP) is 5.88. The molecule has 3 aromatic carbocycles. The molecule has 0 saturated carbocycles.